The minimum Gasteiger partial charge on any atom is -0.396 e. The van der Waals surface area contributed by atoms with Crippen molar-refractivity contribution in [1.82, 2.24) is 5.32 Å². The highest BCUT2D eigenvalue weighted by molar-refractivity contribution is 5.83. The highest BCUT2D eigenvalue weighted by atomic mass is 16.3. The molecule has 0 fully saturated rings. The Balaban J connectivity index is 2.10. The van der Waals surface area contributed by atoms with Crippen LogP contribution in [0.2, 0.25) is 0 Å². The van der Waals surface area contributed by atoms with Gasteiger partial charge in [0, 0.05) is 6.61 Å². The SMILES string of the molecule is Cc1cccc(C(C)C(=O)NC(CCCO)c2ccccc2)c1. The Hall–Kier alpha value is -2.13. The highest BCUT2D eigenvalue weighted by Gasteiger charge is 2.20. The maximum atomic E-state index is 12.6. The second-order valence-electron chi connectivity index (χ2n) is 5.97. The maximum absolute atomic E-state index is 12.6. The lowest BCUT2D eigenvalue weighted by Crippen LogP contribution is -2.32. The van der Waals surface area contributed by atoms with Crippen LogP contribution in [-0.2, 0) is 4.79 Å². The van der Waals surface area contributed by atoms with Gasteiger partial charge in [-0.25, -0.2) is 0 Å². The zero-order chi connectivity index (χ0) is 16.7. The van der Waals surface area contributed by atoms with Crippen molar-refractivity contribution >= 4 is 5.91 Å². The summed E-state index contributed by atoms with van der Waals surface area (Å²) in [6, 6.07) is 17.9. The molecule has 2 aromatic rings. The normalized spacial score (nSPS) is 13.3. The second-order valence-corrected chi connectivity index (χ2v) is 5.97. The summed E-state index contributed by atoms with van der Waals surface area (Å²) in [5.74, 6) is -0.183. The summed E-state index contributed by atoms with van der Waals surface area (Å²) in [7, 11) is 0. The Labute approximate surface area is 138 Å². The first-order chi connectivity index (χ1) is 11.1. The number of nitrogens with one attached hydrogen (secondary N) is 1. The Morgan fingerprint density at radius 2 is 1.78 bits per heavy atom. The zero-order valence-corrected chi connectivity index (χ0v) is 13.8. The molecule has 0 aliphatic heterocycles. The number of hydrogen-bond donors (Lipinski definition) is 2. The summed E-state index contributed by atoms with van der Waals surface area (Å²) in [6.07, 6.45) is 1.39. The number of rotatable bonds is 7. The van der Waals surface area contributed by atoms with Crippen LogP contribution >= 0.6 is 0 Å². The van der Waals surface area contributed by atoms with Crippen LogP contribution in [0.3, 0.4) is 0 Å². The fourth-order valence-electron chi connectivity index (χ4n) is 2.69. The standard InChI is InChI=1S/C20H25NO2/c1-15-8-6-11-18(14-15)16(2)20(23)21-19(12-7-13-22)17-9-4-3-5-10-17/h3-6,8-11,14,16,19,22H,7,12-13H2,1-2H3,(H,21,23). The highest BCUT2D eigenvalue weighted by Crippen LogP contribution is 2.22. The lowest BCUT2D eigenvalue weighted by molar-refractivity contribution is -0.123. The van der Waals surface area contributed by atoms with Crippen molar-refractivity contribution in [1.29, 1.82) is 0 Å². The molecule has 0 aliphatic carbocycles. The molecule has 3 heteroatoms. The number of amides is 1. The van der Waals surface area contributed by atoms with Crippen LogP contribution < -0.4 is 5.32 Å². The molecule has 0 aliphatic rings. The van der Waals surface area contributed by atoms with Crippen LogP contribution in [0, 0.1) is 6.92 Å². The van der Waals surface area contributed by atoms with E-state index in [4.69, 9.17) is 5.11 Å². The largest absolute Gasteiger partial charge is 0.396 e. The average molecular weight is 311 g/mol. The van der Waals surface area contributed by atoms with E-state index in [1.165, 1.54) is 0 Å². The molecule has 0 radical (unpaired) electrons. The molecule has 2 unspecified atom stereocenters. The summed E-state index contributed by atoms with van der Waals surface area (Å²) >= 11 is 0. The van der Waals surface area contributed by atoms with E-state index in [1.807, 2.05) is 62.4 Å². The summed E-state index contributed by atoms with van der Waals surface area (Å²) in [5.41, 5.74) is 3.25. The molecule has 122 valence electrons. The smallest absolute Gasteiger partial charge is 0.227 e. The average Bonchev–Trinajstić information content (AvgIpc) is 2.58. The third-order valence-electron chi connectivity index (χ3n) is 4.10. The lowest BCUT2D eigenvalue weighted by Gasteiger charge is -2.22. The van der Waals surface area contributed by atoms with Gasteiger partial charge in [0.25, 0.3) is 0 Å². The van der Waals surface area contributed by atoms with Crippen molar-refractivity contribution in [2.45, 2.75) is 38.6 Å². The van der Waals surface area contributed by atoms with Crippen LogP contribution in [0.25, 0.3) is 0 Å². The van der Waals surface area contributed by atoms with Crippen LogP contribution in [0.4, 0.5) is 0 Å². The molecule has 3 nitrogen and oxygen atoms in total. The van der Waals surface area contributed by atoms with Gasteiger partial charge in [0.1, 0.15) is 0 Å². The molecule has 0 bridgehead atoms. The van der Waals surface area contributed by atoms with Crippen molar-refractivity contribution in [3.8, 4) is 0 Å². The van der Waals surface area contributed by atoms with Crippen molar-refractivity contribution in [3.05, 3.63) is 71.3 Å². The number of carbonyl (C=O) groups is 1. The van der Waals surface area contributed by atoms with Gasteiger partial charge in [-0.05, 0) is 37.8 Å². The first-order valence-electron chi connectivity index (χ1n) is 8.14. The molecule has 1 amide bonds. The Kier molecular flexibility index (Phi) is 6.36. The number of benzene rings is 2. The minimum atomic E-state index is -0.199. The molecule has 0 saturated carbocycles. The summed E-state index contributed by atoms with van der Waals surface area (Å²) in [5, 5.41) is 12.2. The van der Waals surface area contributed by atoms with E-state index in [9.17, 15) is 4.79 Å². The molecule has 2 atom stereocenters. The van der Waals surface area contributed by atoms with Gasteiger partial charge in [-0.1, -0.05) is 60.2 Å². The van der Waals surface area contributed by atoms with Gasteiger partial charge in [0.2, 0.25) is 5.91 Å². The van der Waals surface area contributed by atoms with Crippen LogP contribution in [0.5, 0.6) is 0 Å². The van der Waals surface area contributed by atoms with Crippen LogP contribution in [0.1, 0.15) is 48.4 Å². The third kappa shape index (κ3) is 4.93. The third-order valence-corrected chi connectivity index (χ3v) is 4.10. The summed E-state index contributed by atoms with van der Waals surface area (Å²) in [4.78, 5) is 12.6. The molecule has 0 heterocycles. The van der Waals surface area contributed by atoms with E-state index in [1.54, 1.807) is 0 Å². The minimum absolute atomic E-state index is 0.0161. The molecule has 23 heavy (non-hydrogen) atoms. The molecular formula is C20H25NO2. The molecule has 2 aromatic carbocycles. The van der Waals surface area contributed by atoms with Gasteiger partial charge in [-0.3, -0.25) is 4.79 Å². The Bertz CT molecular complexity index is 625. The first kappa shape index (κ1) is 17.2. The van der Waals surface area contributed by atoms with Gasteiger partial charge in [0.05, 0.1) is 12.0 Å². The molecule has 2 N–H and O–H groups in total. The van der Waals surface area contributed by atoms with Gasteiger partial charge >= 0.3 is 0 Å². The molecule has 0 spiro atoms. The van der Waals surface area contributed by atoms with Crippen molar-refractivity contribution < 1.29 is 9.90 Å². The number of hydrogen-bond acceptors (Lipinski definition) is 2. The summed E-state index contributed by atoms with van der Waals surface area (Å²) in [6.45, 7) is 4.09. The predicted molar refractivity (Wildman–Crippen MR) is 93.2 cm³/mol. The van der Waals surface area contributed by atoms with Gasteiger partial charge in [-0.2, -0.15) is 0 Å². The van der Waals surface area contributed by atoms with Crippen molar-refractivity contribution in [2.24, 2.45) is 0 Å². The number of aliphatic hydroxyl groups excluding tert-OH is 1. The molecule has 0 aromatic heterocycles. The molecule has 0 saturated heterocycles. The molecule has 2 rings (SSSR count). The topological polar surface area (TPSA) is 49.3 Å². The van der Waals surface area contributed by atoms with E-state index >= 15 is 0 Å². The van der Waals surface area contributed by atoms with Gasteiger partial charge in [0.15, 0.2) is 0 Å². The fraction of sp³-hybridized carbons (Fsp3) is 0.350. The monoisotopic (exact) mass is 311 g/mol. The number of aliphatic hydroxyl groups is 1. The van der Waals surface area contributed by atoms with E-state index in [-0.39, 0.29) is 24.5 Å². The van der Waals surface area contributed by atoms with E-state index < -0.39 is 0 Å². The predicted octanol–water partition coefficient (Wildman–Crippen LogP) is 3.73. The Morgan fingerprint density at radius 3 is 2.43 bits per heavy atom. The Morgan fingerprint density at radius 1 is 1.09 bits per heavy atom. The van der Waals surface area contributed by atoms with E-state index in [0.717, 1.165) is 23.1 Å². The van der Waals surface area contributed by atoms with Gasteiger partial charge in [-0.15, -0.1) is 0 Å². The van der Waals surface area contributed by atoms with E-state index in [0.29, 0.717) is 6.42 Å². The van der Waals surface area contributed by atoms with Crippen LogP contribution in [0.15, 0.2) is 54.6 Å². The number of carbonyl (C=O) groups excluding carboxylic acids is 1. The van der Waals surface area contributed by atoms with E-state index in [2.05, 4.69) is 11.4 Å². The number of aryl methyl sites for hydroxylation is 1. The van der Waals surface area contributed by atoms with Gasteiger partial charge < -0.3 is 10.4 Å². The fourth-order valence-corrected chi connectivity index (χ4v) is 2.69. The summed E-state index contributed by atoms with van der Waals surface area (Å²) < 4.78 is 0. The quantitative estimate of drug-likeness (QED) is 0.818. The molecular weight excluding hydrogens is 286 g/mol. The zero-order valence-electron chi connectivity index (χ0n) is 13.8. The lowest BCUT2D eigenvalue weighted by atomic mass is 9.96. The van der Waals surface area contributed by atoms with Crippen molar-refractivity contribution in [3.63, 3.8) is 0 Å². The van der Waals surface area contributed by atoms with Crippen molar-refractivity contribution in [2.75, 3.05) is 6.61 Å². The second kappa shape index (κ2) is 8.49. The first-order valence-corrected chi connectivity index (χ1v) is 8.14. The van der Waals surface area contributed by atoms with Crippen LogP contribution in [-0.4, -0.2) is 17.6 Å². The maximum Gasteiger partial charge on any atom is 0.227 e.